The van der Waals surface area contributed by atoms with Crippen molar-refractivity contribution in [3.8, 4) is 12.3 Å². The maximum Gasteiger partial charge on any atom is 0.408 e. The Balaban J connectivity index is 3.45. The minimum atomic E-state index is -1.02. The molecule has 0 spiro atoms. The molecule has 8 heteroatoms. The minimum Gasteiger partial charge on any atom is -0.444 e. The minimum absolute atomic E-state index is 0.0663. The Bertz CT molecular complexity index is 899. The molecule has 3 atom stereocenters. The number of benzene rings is 1. The van der Waals surface area contributed by atoms with Gasteiger partial charge in [0.1, 0.15) is 17.7 Å². The van der Waals surface area contributed by atoms with Gasteiger partial charge in [0.05, 0.1) is 6.61 Å². The first kappa shape index (κ1) is 31.0. The van der Waals surface area contributed by atoms with Crippen LogP contribution in [-0.2, 0) is 14.3 Å². The number of hydrogen-bond donors (Lipinski definition) is 3. The molecule has 36 heavy (non-hydrogen) atoms. The van der Waals surface area contributed by atoms with Gasteiger partial charge in [-0.15, -0.1) is 6.42 Å². The molecule has 3 N–H and O–H groups in total. The van der Waals surface area contributed by atoms with Crippen molar-refractivity contribution in [2.45, 2.75) is 91.5 Å². The molecule has 200 valence electrons. The molecule has 1 aromatic carbocycles. The topological polar surface area (TPSA) is 108 Å². The second-order valence-electron chi connectivity index (χ2n) is 10.5. The first-order chi connectivity index (χ1) is 16.8. The van der Waals surface area contributed by atoms with E-state index in [2.05, 4.69) is 16.6 Å². The molecule has 0 aliphatic heterocycles. The van der Waals surface area contributed by atoms with Crippen LogP contribution in [0.4, 0.5) is 4.79 Å². The monoisotopic (exact) mass is 501 g/mol. The molecule has 0 saturated heterocycles. The fraction of sp³-hybridized carbons (Fsp3) is 0.607. The summed E-state index contributed by atoms with van der Waals surface area (Å²) in [5.41, 5.74) is 0.454. The van der Waals surface area contributed by atoms with E-state index in [-0.39, 0.29) is 31.0 Å². The number of alkyl carbamates (subject to hydrolysis) is 1. The van der Waals surface area contributed by atoms with E-state index in [1.807, 2.05) is 27.7 Å². The molecule has 0 aliphatic rings. The van der Waals surface area contributed by atoms with E-state index in [0.717, 1.165) is 12.8 Å². The van der Waals surface area contributed by atoms with Crippen molar-refractivity contribution >= 4 is 17.9 Å². The van der Waals surface area contributed by atoms with Crippen LogP contribution in [0.15, 0.2) is 24.3 Å². The highest BCUT2D eigenvalue weighted by Crippen LogP contribution is 2.24. The van der Waals surface area contributed by atoms with Crippen molar-refractivity contribution in [3.63, 3.8) is 0 Å². The number of aliphatic hydroxyl groups is 1. The third-order valence-electron chi connectivity index (χ3n) is 5.38. The number of ether oxygens (including phenoxy) is 1. The van der Waals surface area contributed by atoms with Crippen molar-refractivity contribution in [3.05, 3.63) is 35.4 Å². The zero-order chi connectivity index (χ0) is 27.5. The fourth-order valence-corrected chi connectivity index (χ4v) is 3.88. The largest absolute Gasteiger partial charge is 0.444 e. The van der Waals surface area contributed by atoms with Crippen LogP contribution in [0, 0.1) is 18.3 Å². The molecule has 0 bridgehead atoms. The summed E-state index contributed by atoms with van der Waals surface area (Å²) < 4.78 is 5.37. The Hall–Kier alpha value is -3.05. The second kappa shape index (κ2) is 14.5. The Morgan fingerprint density at radius 2 is 1.72 bits per heavy atom. The van der Waals surface area contributed by atoms with E-state index < -0.39 is 29.7 Å². The highest BCUT2D eigenvalue weighted by molar-refractivity contribution is 5.92. The third kappa shape index (κ3) is 10.3. The molecule has 0 aromatic heterocycles. The lowest BCUT2D eigenvalue weighted by Crippen LogP contribution is -2.54. The molecule has 0 fully saturated rings. The zero-order valence-electron chi connectivity index (χ0n) is 22.8. The molecule has 0 saturated carbocycles. The van der Waals surface area contributed by atoms with Crippen LogP contribution in [0.2, 0.25) is 0 Å². The molecule has 3 amide bonds. The summed E-state index contributed by atoms with van der Waals surface area (Å²) in [5.74, 6) is 1.76. The summed E-state index contributed by atoms with van der Waals surface area (Å²) in [7, 11) is 0. The van der Waals surface area contributed by atoms with Crippen LogP contribution in [-0.4, -0.2) is 58.8 Å². The Morgan fingerprint density at radius 3 is 2.19 bits per heavy atom. The summed E-state index contributed by atoms with van der Waals surface area (Å²) in [4.78, 5) is 41.2. The molecule has 3 unspecified atom stereocenters. The molecule has 1 aromatic rings. The SMILES string of the molecule is C#Cc1ccc(C(C(=O)NC(C)CCC)N(CCO)C(=O)C(CC(C)C)NC(=O)OC(C)(C)C)cc1. The fourth-order valence-electron chi connectivity index (χ4n) is 3.88. The van der Waals surface area contributed by atoms with Crippen LogP contribution in [0.1, 0.15) is 84.9 Å². The summed E-state index contributed by atoms with van der Waals surface area (Å²) in [6, 6.07) is 4.76. The number of nitrogens with one attached hydrogen (secondary N) is 2. The van der Waals surface area contributed by atoms with Gasteiger partial charge in [-0.05, 0) is 64.2 Å². The number of carbonyl (C=O) groups excluding carboxylic acids is 3. The summed E-state index contributed by atoms with van der Waals surface area (Å²) in [6.07, 6.45) is 6.76. The number of terminal acetylenes is 1. The van der Waals surface area contributed by atoms with E-state index in [4.69, 9.17) is 11.2 Å². The van der Waals surface area contributed by atoms with Gasteiger partial charge in [0.25, 0.3) is 0 Å². The van der Waals surface area contributed by atoms with Gasteiger partial charge in [-0.3, -0.25) is 9.59 Å². The van der Waals surface area contributed by atoms with E-state index in [1.54, 1.807) is 45.0 Å². The normalized spacial score (nSPS) is 13.8. The van der Waals surface area contributed by atoms with Crippen molar-refractivity contribution < 1.29 is 24.2 Å². The van der Waals surface area contributed by atoms with E-state index in [0.29, 0.717) is 17.5 Å². The van der Waals surface area contributed by atoms with Gasteiger partial charge in [-0.2, -0.15) is 0 Å². The highest BCUT2D eigenvalue weighted by Gasteiger charge is 2.36. The van der Waals surface area contributed by atoms with Crippen LogP contribution < -0.4 is 10.6 Å². The summed E-state index contributed by atoms with van der Waals surface area (Å²) >= 11 is 0. The number of rotatable bonds is 12. The van der Waals surface area contributed by atoms with E-state index in [1.165, 1.54) is 4.90 Å². The number of amides is 3. The van der Waals surface area contributed by atoms with Gasteiger partial charge in [0.2, 0.25) is 11.8 Å². The van der Waals surface area contributed by atoms with Gasteiger partial charge in [0, 0.05) is 18.2 Å². The summed E-state index contributed by atoms with van der Waals surface area (Å²) in [5, 5.41) is 15.5. The van der Waals surface area contributed by atoms with Crippen molar-refractivity contribution in [1.82, 2.24) is 15.5 Å². The maximum absolute atomic E-state index is 13.9. The Kier molecular flexibility index (Phi) is 12.5. The van der Waals surface area contributed by atoms with Gasteiger partial charge in [-0.25, -0.2) is 4.79 Å². The standard InChI is InChI=1S/C28H43N3O5/c1-9-11-20(5)29-25(33)24(22-14-12-21(10-2)13-15-22)31(16-17-32)26(34)23(18-19(3)4)30-27(35)36-28(6,7)8/h2,12-15,19-20,23-24,32H,9,11,16-18H2,1,3-8H3,(H,29,33)(H,30,35). The average molecular weight is 502 g/mol. The predicted molar refractivity (Wildman–Crippen MR) is 141 cm³/mol. The van der Waals surface area contributed by atoms with E-state index in [9.17, 15) is 19.5 Å². The van der Waals surface area contributed by atoms with Crippen LogP contribution >= 0.6 is 0 Å². The maximum atomic E-state index is 13.9. The molecular formula is C28H43N3O5. The summed E-state index contributed by atoms with van der Waals surface area (Å²) in [6.45, 7) is 12.6. The van der Waals surface area contributed by atoms with Gasteiger partial charge in [-0.1, -0.05) is 45.2 Å². The van der Waals surface area contributed by atoms with Gasteiger partial charge < -0.3 is 25.4 Å². The number of hydrogen-bond acceptors (Lipinski definition) is 5. The lowest BCUT2D eigenvalue weighted by atomic mass is 9.98. The molecular weight excluding hydrogens is 458 g/mol. The van der Waals surface area contributed by atoms with Crippen LogP contribution in [0.3, 0.4) is 0 Å². The first-order valence-electron chi connectivity index (χ1n) is 12.6. The van der Waals surface area contributed by atoms with Gasteiger partial charge >= 0.3 is 6.09 Å². The van der Waals surface area contributed by atoms with E-state index >= 15 is 0 Å². The smallest absolute Gasteiger partial charge is 0.408 e. The molecule has 1 rings (SSSR count). The predicted octanol–water partition coefficient (Wildman–Crippen LogP) is 3.77. The second-order valence-corrected chi connectivity index (χ2v) is 10.5. The Labute approximate surface area is 216 Å². The third-order valence-corrected chi connectivity index (χ3v) is 5.38. The molecule has 0 heterocycles. The van der Waals surface area contributed by atoms with Crippen LogP contribution in [0.25, 0.3) is 0 Å². The number of carbonyl (C=O) groups is 3. The zero-order valence-corrected chi connectivity index (χ0v) is 22.8. The van der Waals surface area contributed by atoms with Crippen molar-refractivity contribution in [1.29, 1.82) is 0 Å². The number of nitrogens with zero attached hydrogens (tertiary/aromatic N) is 1. The first-order valence-corrected chi connectivity index (χ1v) is 12.6. The molecule has 0 aliphatic carbocycles. The highest BCUT2D eigenvalue weighted by atomic mass is 16.6. The lowest BCUT2D eigenvalue weighted by molar-refractivity contribution is -0.143. The van der Waals surface area contributed by atoms with Crippen molar-refractivity contribution in [2.75, 3.05) is 13.2 Å². The van der Waals surface area contributed by atoms with Crippen molar-refractivity contribution in [2.24, 2.45) is 5.92 Å². The molecule has 0 radical (unpaired) electrons. The Morgan fingerprint density at radius 1 is 1.11 bits per heavy atom. The molecule has 8 nitrogen and oxygen atoms in total. The number of aliphatic hydroxyl groups excluding tert-OH is 1. The average Bonchev–Trinajstić information content (AvgIpc) is 2.76. The van der Waals surface area contributed by atoms with Gasteiger partial charge in [0.15, 0.2) is 0 Å². The lowest BCUT2D eigenvalue weighted by Gasteiger charge is -2.35. The quantitative estimate of drug-likeness (QED) is 0.378. The van der Waals surface area contributed by atoms with Crippen LogP contribution in [0.5, 0.6) is 0 Å².